The Morgan fingerprint density at radius 1 is 1.07 bits per heavy atom. The number of aromatic nitrogens is 1. The minimum Gasteiger partial charge on any atom is -0.356 e. The lowest BCUT2D eigenvalue weighted by Crippen LogP contribution is -2.26. The molecule has 150 valence electrons. The third kappa shape index (κ3) is 8.10. The molecule has 1 aromatic heterocycles. The van der Waals surface area contributed by atoms with Crippen LogP contribution in [0.15, 0.2) is 34.0 Å². The number of anilines is 2. The van der Waals surface area contributed by atoms with Crippen molar-refractivity contribution in [2.24, 2.45) is 0 Å². The molecule has 7 nitrogen and oxygen atoms in total. The lowest BCUT2D eigenvalue weighted by molar-refractivity contribution is -0.120. The van der Waals surface area contributed by atoms with Gasteiger partial charge in [0.25, 0.3) is 0 Å². The summed E-state index contributed by atoms with van der Waals surface area (Å²) in [5, 5.41) is 10.2. The molecule has 0 fully saturated rings. The minimum absolute atomic E-state index is 0.0317. The second-order valence-electron chi connectivity index (χ2n) is 6.08. The van der Waals surface area contributed by atoms with Crippen molar-refractivity contribution < 1.29 is 14.4 Å². The molecule has 0 aliphatic rings. The number of thioether (sulfide) groups is 1. The van der Waals surface area contributed by atoms with Crippen molar-refractivity contribution in [3.63, 3.8) is 0 Å². The molecule has 3 amide bonds. The zero-order valence-corrected chi connectivity index (χ0v) is 17.5. The zero-order valence-electron chi connectivity index (χ0n) is 15.9. The van der Waals surface area contributed by atoms with Crippen LogP contribution < -0.4 is 16.0 Å². The van der Waals surface area contributed by atoms with E-state index in [0.717, 1.165) is 22.9 Å². The molecule has 28 heavy (non-hydrogen) atoms. The Balaban J connectivity index is 1.74. The van der Waals surface area contributed by atoms with Gasteiger partial charge in [0.05, 0.1) is 17.9 Å². The van der Waals surface area contributed by atoms with Crippen molar-refractivity contribution in [3.05, 3.63) is 35.3 Å². The number of amides is 3. The molecular weight excluding hydrogens is 396 g/mol. The van der Waals surface area contributed by atoms with Crippen molar-refractivity contribution in [3.8, 4) is 0 Å². The number of rotatable bonds is 10. The predicted molar refractivity (Wildman–Crippen MR) is 114 cm³/mol. The molecule has 9 heteroatoms. The molecule has 0 aliphatic heterocycles. The quantitative estimate of drug-likeness (QED) is 0.404. The van der Waals surface area contributed by atoms with Crippen LogP contribution in [-0.4, -0.2) is 35.0 Å². The number of nitrogens with one attached hydrogen (secondary N) is 3. The van der Waals surface area contributed by atoms with E-state index in [-0.39, 0.29) is 29.9 Å². The van der Waals surface area contributed by atoms with Crippen molar-refractivity contribution in [2.45, 2.75) is 37.4 Å². The Morgan fingerprint density at radius 2 is 1.75 bits per heavy atom. The highest BCUT2D eigenvalue weighted by Gasteiger charge is 2.10. The molecule has 0 spiro atoms. The van der Waals surface area contributed by atoms with Crippen LogP contribution >= 0.6 is 23.1 Å². The van der Waals surface area contributed by atoms with Gasteiger partial charge in [-0.2, -0.15) is 0 Å². The summed E-state index contributed by atoms with van der Waals surface area (Å²) in [6.45, 7) is 4.20. The highest BCUT2D eigenvalue weighted by Crippen LogP contribution is 2.23. The molecule has 2 aromatic rings. The summed E-state index contributed by atoms with van der Waals surface area (Å²) in [7, 11) is 0. The maximum Gasteiger partial charge on any atom is 0.234 e. The van der Waals surface area contributed by atoms with E-state index in [9.17, 15) is 14.4 Å². The monoisotopic (exact) mass is 420 g/mol. The fraction of sp³-hybridized carbons (Fsp3) is 0.368. The lowest BCUT2D eigenvalue weighted by atomic mass is 10.3. The van der Waals surface area contributed by atoms with Crippen LogP contribution in [0.2, 0.25) is 0 Å². The predicted octanol–water partition coefficient (Wildman–Crippen LogP) is 3.29. The second-order valence-corrected chi connectivity index (χ2v) is 8.16. The van der Waals surface area contributed by atoms with Gasteiger partial charge in [-0.05, 0) is 30.7 Å². The van der Waals surface area contributed by atoms with E-state index in [1.165, 1.54) is 30.0 Å². The van der Waals surface area contributed by atoms with Gasteiger partial charge in [0.15, 0.2) is 4.34 Å². The molecule has 3 N–H and O–H groups in total. The van der Waals surface area contributed by atoms with Gasteiger partial charge in [0.2, 0.25) is 17.7 Å². The van der Waals surface area contributed by atoms with Crippen LogP contribution in [-0.2, 0) is 20.8 Å². The first-order chi connectivity index (χ1) is 13.5. The first-order valence-corrected chi connectivity index (χ1v) is 10.8. The maximum absolute atomic E-state index is 12.1. The molecule has 2 rings (SSSR count). The average molecular weight is 421 g/mol. The summed E-state index contributed by atoms with van der Waals surface area (Å²) < 4.78 is 0.757. The summed E-state index contributed by atoms with van der Waals surface area (Å²) in [6, 6.07) is 6.91. The summed E-state index contributed by atoms with van der Waals surface area (Å²) in [4.78, 5) is 39.3. The van der Waals surface area contributed by atoms with Gasteiger partial charge in [-0.3, -0.25) is 14.4 Å². The molecule has 0 atom stereocenters. The van der Waals surface area contributed by atoms with E-state index in [0.29, 0.717) is 17.9 Å². The van der Waals surface area contributed by atoms with Crippen LogP contribution in [0.25, 0.3) is 0 Å². The van der Waals surface area contributed by atoms with E-state index in [2.05, 4.69) is 27.9 Å². The van der Waals surface area contributed by atoms with E-state index in [4.69, 9.17) is 0 Å². The fourth-order valence-corrected chi connectivity index (χ4v) is 3.88. The molecule has 0 unspecified atom stereocenters. The van der Waals surface area contributed by atoms with Gasteiger partial charge in [0.1, 0.15) is 0 Å². The molecule has 1 aromatic carbocycles. The van der Waals surface area contributed by atoms with Gasteiger partial charge in [-0.1, -0.05) is 25.1 Å². The fourth-order valence-electron chi connectivity index (χ4n) is 2.23. The van der Waals surface area contributed by atoms with Gasteiger partial charge < -0.3 is 16.0 Å². The van der Waals surface area contributed by atoms with Crippen LogP contribution in [0.4, 0.5) is 11.4 Å². The standard InChI is InChI=1S/C19H24N4O3S2/c1-3-4-9-20-17(25)10-16-11-27-19(23-16)28-12-18(26)22-15-7-5-14(6-8-15)21-13(2)24/h5-8,11H,3-4,9-10,12H2,1-2H3,(H,20,25)(H,21,24)(H,22,26). The third-order valence-electron chi connectivity index (χ3n) is 3.54. The van der Waals surface area contributed by atoms with Crippen LogP contribution in [0.1, 0.15) is 32.4 Å². The summed E-state index contributed by atoms with van der Waals surface area (Å²) in [5.74, 6) is -0.0974. The number of hydrogen-bond donors (Lipinski definition) is 3. The number of thiazole rings is 1. The maximum atomic E-state index is 12.1. The number of benzene rings is 1. The van der Waals surface area contributed by atoms with Gasteiger partial charge >= 0.3 is 0 Å². The summed E-state index contributed by atoms with van der Waals surface area (Å²) in [6.07, 6.45) is 2.27. The molecule has 1 heterocycles. The Morgan fingerprint density at radius 3 is 2.39 bits per heavy atom. The number of carbonyl (C=O) groups is 3. The number of unbranched alkanes of at least 4 members (excludes halogenated alkanes) is 1. The van der Waals surface area contributed by atoms with Crippen molar-refractivity contribution in [1.82, 2.24) is 10.3 Å². The van der Waals surface area contributed by atoms with E-state index in [1.807, 2.05) is 5.38 Å². The molecule has 0 aliphatic carbocycles. The van der Waals surface area contributed by atoms with Crippen LogP contribution in [0.5, 0.6) is 0 Å². The Hall–Kier alpha value is -2.39. The summed E-state index contributed by atoms with van der Waals surface area (Å²) in [5.41, 5.74) is 2.05. The Kier molecular flexibility index (Phi) is 8.96. The molecular formula is C19H24N4O3S2. The molecule has 0 saturated carbocycles. The zero-order chi connectivity index (χ0) is 20.4. The first-order valence-electron chi connectivity index (χ1n) is 8.97. The second kappa shape index (κ2) is 11.5. The largest absolute Gasteiger partial charge is 0.356 e. The van der Waals surface area contributed by atoms with Gasteiger partial charge in [0, 0.05) is 30.2 Å². The van der Waals surface area contributed by atoms with Crippen LogP contribution in [0, 0.1) is 0 Å². The molecule has 0 radical (unpaired) electrons. The van der Waals surface area contributed by atoms with Crippen LogP contribution in [0.3, 0.4) is 0 Å². The lowest BCUT2D eigenvalue weighted by Gasteiger charge is -2.06. The molecule has 0 bridgehead atoms. The van der Waals surface area contributed by atoms with Gasteiger partial charge in [-0.15, -0.1) is 11.3 Å². The topological polar surface area (TPSA) is 100 Å². The SMILES string of the molecule is CCCCNC(=O)Cc1csc(SCC(=O)Nc2ccc(NC(C)=O)cc2)n1. The summed E-state index contributed by atoms with van der Waals surface area (Å²) >= 11 is 2.76. The number of nitrogens with zero attached hydrogens (tertiary/aromatic N) is 1. The Labute approximate surface area is 172 Å². The minimum atomic E-state index is -0.147. The van der Waals surface area contributed by atoms with Crippen molar-refractivity contribution in [1.29, 1.82) is 0 Å². The number of carbonyl (C=O) groups excluding carboxylic acids is 3. The number of hydrogen-bond acceptors (Lipinski definition) is 6. The third-order valence-corrected chi connectivity index (χ3v) is 5.61. The Bertz CT molecular complexity index is 806. The first kappa shape index (κ1) is 21.9. The van der Waals surface area contributed by atoms with Crippen molar-refractivity contribution >= 4 is 52.2 Å². The molecule has 0 saturated heterocycles. The van der Waals surface area contributed by atoms with E-state index >= 15 is 0 Å². The van der Waals surface area contributed by atoms with E-state index < -0.39 is 0 Å². The average Bonchev–Trinajstić information content (AvgIpc) is 3.09. The van der Waals surface area contributed by atoms with Crippen molar-refractivity contribution in [2.75, 3.05) is 22.9 Å². The highest BCUT2D eigenvalue weighted by atomic mass is 32.2. The van der Waals surface area contributed by atoms with Gasteiger partial charge in [-0.25, -0.2) is 4.98 Å². The normalized spacial score (nSPS) is 10.4. The highest BCUT2D eigenvalue weighted by molar-refractivity contribution is 8.01. The smallest absolute Gasteiger partial charge is 0.234 e. The van der Waals surface area contributed by atoms with E-state index in [1.54, 1.807) is 24.3 Å².